The molecule has 0 unspecified atom stereocenters. The predicted molar refractivity (Wildman–Crippen MR) is 108 cm³/mol. The normalized spacial score (nSPS) is 12.3. The number of esters is 1. The monoisotopic (exact) mass is 414 g/mol. The third kappa shape index (κ3) is 4.20. The minimum Gasteiger partial charge on any atom is -0.465 e. The first-order chi connectivity index (χ1) is 14.4. The number of H-pyrrole nitrogens is 1. The lowest BCUT2D eigenvalue weighted by Gasteiger charge is -2.26. The molecule has 0 amide bonds. The average molecular weight is 414 g/mol. The number of ketones is 1. The van der Waals surface area contributed by atoms with E-state index in [1.807, 2.05) is 18.7 Å². The highest BCUT2D eigenvalue weighted by atomic mass is 16.5. The number of methoxy groups -OCH3 is 1. The molecule has 1 atom stereocenters. The summed E-state index contributed by atoms with van der Waals surface area (Å²) in [5, 5.41) is 8.09. The number of ether oxygens (including phenoxy) is 1. The van der Waals surface area contributed by atoms with E-state index in [9.17, 15) is 9.59 Å². The lowest BCUT2D eigenvalue weighted by molar-refractivity contribution is 0.0599. The van der Waals surface area contributed by atoms with Crippen LogP contribution in [0.15, 0.2) is 27.2 Å². The number of furan rings is 1. The van der Waals surface area contributed by atoms with Crippen molar-refractivity contribution in [1.29, 1.82) is 0 Å². The number of nitrogens with zero attached hydrogens (tertiary/aromatic N) is 3. The van der Waals surface area contributed by atoms with Gasteiger partial charge in [-0.25, -0.2) is 4.79 Å². The SMILES string of the molecule is CCCN(Cc1nnc(-c2ccco2)o1)[C@@H](C)C(=O)c1[nH]c(C)c(C(=O)OC)c1C. The lowest BCUT2D eigenvalue weighted by atomic mass is 10.0. The molecule has 30 heavy (non-hydrogen) atoms. The molecule has 0 bridgehead atoms. The number of nitrogens with one attached hydrogen (secondary N) is 1. The molecule has 0 aliphatic heterocycles. The lowest BCUT2D eigenvalue weighted by Crippen LogP contribution is -2.39. The Kier molecular flexibility index (Phi) is 6.51. The molecular weight excluding hydrogens is 388 g/mol. The summed E-state index contributed by atoms with van der Waals surface area (Å²) in [5.74, 6) is 0.598. The van der Waals surface area contributed by atoms with Crippen LogP contribution in [0.25, 0.3) is 11.7 Å². The Labute approximate surface area is 174 Å². The fourth-order valence-electron chi connectivity index (χ4n) is 3.47. The Hall–Kier alpha value is -3.20. The Bertz CT molecular complexity index is 1020. The van der Waals surface area contributed by atoms with E-state index in [1.165, 1.54) is 13.4 Å². The molecule has 3 rings (SSSR count). The van der Waals surface area contributed by atoms with Crippen LogP contribution in [0.4, 0.5) is 0 Å². The van der Waals surface area contributed by atoms with Gasteiger partial charge in [0.2, 0.25) is 5.89 Å². The van der Waals surface area contributed by atoms with Crippen molar-refractivity contribution in [1.82, 2.24) is 20.1 Å². The molecule has 9 nitrogen and oxygen atoms in total. The maximum absolute atomic E-state index is 13.2. The van der Waals surface area contributed by atoms with E-state index in [0.29, 0.717) is 53.1 Å². The van der Waals surface area contributed by atoms with E-state index in [4.69, 9.17) is 13.6 Å². The number of rotatable bonds is 9. The molecule has 3 heterocycles. The van der Waals surface area contributed by atoms with Crippen molar-refractivity contribution in [2.75, 3.05) is 13.7 Å². The summed E-state index contributed by atoms with van der Waals surface area (Å²) in [5.41, 5.74) is 2.00. The molecule has 0 saturated carbocycles. The molecule has 3 aromatic heterocycles. The molecule has 0 radical (unpaired) electrons. The van der Waals surface area contributed by atoms with Crippen LogP contribution >= 0.6 is 0 Å². The van der Waals surface area contributed by atoms with Gasteiger partial charge in [0.15, 0.2) is 11.5 Å². The number of hydrogen-bond donors (Lipinski definition) is 1. The van der Waals surface area contributed by atoms with Gasteiger partial charge in [-0.2, -0.15) is 0 Å². The molecule has 0 fully saturated rings. The first-order valence-corrected chi connectivity index (χ1v) is 9.79. The van der Waals surface area contributed by atoms with E-state index in [0.717, 1.165) is 6.42 Å². The molecule has 3 aromatic rings. The predicted octanol–water partition coefficient (Wildman–Crippen LogP) is 3.54. The van der Waals surface area contributed by atoms with E-state index in [-0.39, 0.29) is 5.78 Å². The molecule has 0 aliphatic rings. The highest BCUT2D eigenvalue weighted by Crippen LogP contribution is 2.23. The number of hydrogen-bond acceptors (Lipinski definition) is 8. The van der Waals surface area contributed by atoms with Gasteiger partial charge >= 0.3 is 5.97 Å². The van der Waals surface area contributed by atoms with Gasteiger partial charge in [-0.1, -0.05) is 6.92 Å². The third-order valence-corrected chi connectivity index (χ3v) is 5.05. The number of aryl methyl sites for hydroxylation is 1. The first kappa shape index (κ1) is 21.5. The number of aromatic amines is 1. The molecule has 0 saturated heterocycles. The number of aromatic nitrogens is 3. The molecule has 0 spiro atoms. The molecule has 0 aliphatic carbocycles. The van der Waals surface area contributed by atoms with E-state index >= 15 is 0 Å². The number of Topliss-reactive ketones (excluding diaryl/α,β-unsaturated/α-hetero) is 1. The summed E-state index contributed by atoms with van der Waals surface area (Å²) < 4.78 is 15.8. The largest absolute Gasteiger partial charge is 0.465 e. The smallest absolute Gasteiger partial charge is 0.339 e. The van der Waals surface area contributed by atoms with Crippen molar-refractivity contribution in [3.8, 4) is 11.7 Å². The summed E-state index contributed by atoms with van der Waals surface area (Å²) in [6.07, 6.45) is 2.37. The quantitative estimate of drug-likeness (QED) is 0.418. The maximum atomic E-state index is 13.2. The Morgan fingerprint density at radius 3 is 2.70 bits per heavy atom. The van der Waals surface area contributed by atoms with Crippen LogP contribution in [0.3, 0.4) is 0 Å². The topological polar surface area (TPSA) is 114 Å². The zero-order chi connectivity index (χ0) is 21.8. The Morgan fingerprint density at radius 2 is 2.07 bits per heavy atom. The van der Waals surface area contributed by atoms with Crippen molar-refractivity contribution in [3.05, 3.63) is 46.8 Å². The number of carbonyl (C=O) groups excluding carboxylic acids is 2. The molecule has 9 heteroatoms. The van der Waals surface area contributed by atoms with Crippen molar-refractivity contribution < 1.29 is 23.2 Å². The van der Waals surface area contributed by atoms with Crippen LogP contribution in [0, 0.1) is 13.8 Å². The molecule has 0 aromatic carbocycles. The zero-order valence-electron chi connectivity index (χ0n) is 17.8. The van der Waals surface area contributed by atoms with Crippen LogP contribution < -0.4 is 0 Å². The van der Waals surface area contributed by atoms with E-state index < -0.39 is 12.0 Å². The molecule has 160 valence electrons. The first-order valence-electron chi connectivity index (χ1n) is 9.79. The fourth-order valence-corrected chi connectivity index (χ4v) is 3.47. The second kappa shape index (κ2) is 9.08. The van der Waals surface area contributed by atoms with Gasteiger partial charge in [0.25, 0.3) is 5.89 Å². The van der Waals surface area contributed by atoms with Gasteiger partial charge < -0.3 is 18.6 Å². The van der Waals surface area contributed by atoms with Crippen LogP contribution in [0.2, 0.25) is 0 Å². The Balaban J connectivity index is 1.81. The Morgan fingerprint density at radius 1 is 1.30 bits per heavy atom. The molecular formula is C21H26N4O5. The minimum atomic E-state index is -0.467. The summed E-state index contributed by atoms with van der Waals surface area (Å²) in [4.78, 5) is 30.3. The second-order valence-corrected chi connectivity index (χ2v) is 7.11. The van der Waals surface area contributed by atoms with Gasteiger partial charge in [-0.15, -0.1) is 10.2 Å². The third-order valence-electron chi connectivity index (χ3n) is 5.05. The van der Waals surface area contributed by atoms with Crippen LogP contribution in [-0.4, -0.2) is 51.5 Å². The van der Waals surface area contributed by atoms with Gasteiger partial charge in [0, 0.05) is 5.69 Å². The number of carbonyl (C=O) groups is 2. The van der Waals surface area contributed by atoms with Crippen molar-refractivity contribution >= 4 is 11.8 Å². The zero-order valence-corrected chi connectivity index (χ0v) is 17.8. The second-order valence-electron chi connectivity index (χ2n) is 7.11. The van der Waals surface area contributed by atoms with Crippen molar-refractivity contribution in [3.63, 3.8) is 0 Å². The van der Waals surface area contributed by atoms with Crippen LogP contribution in [0.5, 0.6) is 0 Å². The minimum absolute atomic E-state index is 0.120. The van der Waals surface area contributed by atoms with Gasteiger partial charge in [-0.05, 0) is 51.4 Å². The van der Waals surface area contributed by atoms with Crippen molar-refractivity contribution in [2.24, 2.45) is 0 Å². The summed E-state index contributed by atoms with van der Waals surface area (Å²) in [6.45, 7) is 8.33. The summed E-state index contributed by atoms with van der Waals surface area (Å²) >= 11 is 0. The van der Waals surface area contributed by atoms with Gasteiger partial charge in [0.1, 0.15) is 0 Å². The van der Waals surface area contributed by atoms with Crippen molar-refractivity contribution in [2.45, 2.75) is 46.7 Å². The van der Waals surface area contributed by atoms with Crippen LogP contribution in [-0.2, 0) is 11.3 Å². The highest BCUT2D eigenvalue weighted by molar-refractivity contribution is 6.03. The fraction of sp³-hybridized carbons (Fsp3) is 0.429. The highest BCUT2D eigenvalue weighted by Gasteiger charge is 2.29. The standard InChI is InChI=1S/C21H26N4O5/c1-6-9-25(11-16-23-24-20(30-16)15-8-7-10-29-15)14(4)19(26)18-12(2)17(13(3)22-18)21(27)28-5/h7-8,10,14,22H,6,9,11H2,1-5H3/t14-/m0/s1. The van der Waals surface area contributed by atoms with E-state index in [1.54, 1.807) is 26.0 Å². The molecule has 1 N–H and O–H groups in total. The van der Waals surface area contributed by atoms with Crippen LogP contribution in [0.1, 0.15) is 58.3 Å². The van der Waals surface area contributed by atoms with E-state index in [2.05, 4.69) is 15.2 Å². The summed E-state index contributed by atoms with van der Waals surface area (Å²) in [6, 6.07) is 3.01. The van der Waals surface area contributed by atoms with Gasteiger partial charge in [0.05, 0.1) is 37.2 Å². The summed E-state index contributed by atoms with van der Waals surface area (Å²) in [7, 11) is 1.32. The maximum Gasteiger partial charge on any atom is 0.339 e. The van der Waals surface area contributed by atoms with Gasteiger partial charge in [-0.3, -0.25) is 9.69 Å². The average Bonchev–Trinajstić information content (AvgIpc) is 3.46.